The van der Waals surface area contributed by atoms with Gasteiger partial charge in [0, 0.05) is 50.6 Å². The molecule has 0 aliphatic carbocycles. The highest BCUT2D eigenvalue weighted by molar-refractivity contribution is 7.86. The third-order valence-corrected chi connectivity index (χ3v) is 8.13. The van der Waals surface area contributed by atoms with Crippen LogP contribution in [-0.4, -0.2) is 61.3 Å². The van der Waals surface area contributed by atoms with Crippen molar-refractivity contribution in [3.63, 3.8) is 0 Å². The topological polar surface area (TPSA) is 78.9 Å². The van der Waals surface area contributed by atoms with Crippen molar-refractivity contribution in [3.8, 4) is 5.75 Å². The minimum Gasteiger partial charge on any atom is -0.496 e. The molecule has 3 heterocycles. The van der Waals surface area contributed by atoms with Gasteiger partial charge in [0.1, 0.15) is 17.4 Å². The van der Waals surface area contributed by atoms with E-state index in [0.29, 0.717) is 18.9 Å². The Kier molecular flexibility index (Phi) is 6.18. The lowest BCUT2D eigenvalue weighted by atomic mass is 10.0. The summed E-state index contributed by atoms with van der Waals surface area (Å²) >= 11 is 0. The third-order valence-electron chi connectivity index (χ3n) is 6.18. The maximum Gasteiger partial charge on any atom is 0.282 e. The second-order valence-corrected chi connectivity index (χ2v) is 10.5. The SMILES string of the molecule is COc1ccccc1CN1CCCc2c(C)nc([C@@H]3CCCN3S(=O)(=O)N(C)C)nc21. The Morgan fingerprint density at radius 3 is 2.68 bits per heavy atom. The number of anilines is 1. The standard InChI is InChI=1S/C22H31N5O3S/c1-16-18-10-7-13-26(15-17-9-5-6-12-20(17)30-4)22(18)24-21(23-16)19-11-8-14-27(19)31(28,29)25(2)3/h5-6,9,12,19H,7-8,10-11,13-15H2,1-4H3/t19-/m0/s1. The van der Waals surface area contributed by atoms with Gasteiger partial charge in [-0.15, -0.1) is 0 Å². The lowest BCUT2D eigenvalue weighted by molar-refractivity contribution is 0.352. The van der Waals surface area contributed by atoms with E-state index in [1.165, 1.54) is 4.31 Å². The summed E-state index contributed by atoms with van der Waals surface area (Å²) in [4.78, 5) is 12.0. The Hall–Kier alpha value is -2.23. The van der Waals surface area contributed by atoms with Gasteiger partial charge in [0.2, 0.25) is 0 Å². The van der Waals surface area contributed by atoms with Gasteiger partial charge < -0.3 is 9.64 Å². The van der Waals surface area contributed by atoms with Crippen molar-refractivity contribution in [2.75, 3.05) is 39.2 Å². The summed E-state index contributed by atoms with van der Waals surface area (Å²) in [5, 5.41) is 0. The molecule has 0 N–H and O–H groups in total. The van der Waals surface area contributed by atoms with Crippen LogP contribution in [0.15, 0.2) is 24.3 Å². The van der Waals surface area contributed by atoms with Crippen LogP contribution >= 0.6 is 0 Å². The number of aryl methyl sites for hydroxylation is 1. The number of hydrogen-bond acceptors (Lipinski definition) is 6. The van der Waals surface area contributed by atoms with Crippen LogP contribution in [0.2, 0.25) is 0 Å². The Balaban J connectivity index is 1.71. The Morgan fingerprint density at radius 1 is 1.16 bits per heavy atom. The fourth-order valence-corrected chi connectivity index (χ4v) is 5.84. The number of hydrogen-bond donors (Lipinski definition) is 0. The molecule has 1 aromatic carbocycles. The van der Waals surface area contributed by atoms with Crippen LogP contribution in [0, 0.1) is 6.92 Å². The lowest BCUT2D eigenvalue weighted by Crippen LogP contribution is -2.40. The number of benzene rings is 1. The van der Waals surface area contributed by atoms with Crippen molar-refractivity contribution in [1.29, 1.82) is 0 Å². The molecule has 8 nitrogen and oxygen atoms in total. The molecule has 4 rings (SSSR count). The number of fused-ring (bicyclic) bond motifs is 1. The molecule has 2 aromatic rings. The van der Waals surface area contributed by atoms with Gasteiger partial charge in [-0.25, -0.2) is 9.97 Å². The first kappa shape index (κ1) is 22.0. The summed E-state index contributed by atoms with van der Waals surface area (Å²) in [5.41, 5.74) is 3.21. The molecule has 1 saturated heterocycles. The van der Waals surface area contributed by atoms with Crippen LogP contribution in [0.5, 0.6) is 5.75 Å². The summed E-state index contributed by atoms with van der Waals surface area (Å²) in [6, 6.07) is 7.70. The van der Waals surface area contributed by atoms with Crippen molar-refractivity contribution in [1.82, 2.24) is 18.6 Å². The van der Waals surface area contributed by atoms with Gasteiger partial charge in [0.25, 0.3) is 10.2 Å². The summed E-state index contributed by atoms with van der Waals surface area (Å²) < 4.78 is 34.0. The number of aromatic nitrogens is 2. The molecule has 168 valence electrons. The van der Waals surface area contributed by atoms with Crippen LogP contribution < -0.4 is 9.64 Å². The second kappa shape index (κ2) is 8.72. The first-order chi connectivity index (χ1) is 14.8. The Bertz CT molecular complexity index is 1060. The van der Waals surface area contributed by atoms with E-state index < -0.39 is 10.2 Å². The van der Waals surface area contributed by atoms with Crippen molar-refractivity contribution in [3.05, 3.63) is 46.9 Å². The first-order valence-corrected chi connectivity index (χ1v) is 12.2. The number of methoxy groups -OCH3 is 1. The quantitative estimate of drug-likeness (QED) is 0.680. The van der Waals surface area contributed by atoms with E-state index in [1.54, 1.807) is 25.5 Å². The van der Waals surface area contributed by atoms with Crippen LogP contribution in [-0.2, 0) is 23.2 Å². The third kappa shape index (κ3) is 4.14. The summed E-state index contributed by atoms with van der Waals surface area (Å²) in [6.07, 6.45) is 3.52. The maximum atomic E-state index is 12.8. The van der Waals surface area contributed by atoms with Crippen LogP contribution in [0.25, 0.3) is 0 Å². The highest BCUT2D eigenvalue weighted by atomic mass is 32.2. The fourth-order valence-electron chi connectivity index (χ4n) is 4.54. The molecule has 31 heavy (non-hydrogen) atoms. The fraction of sp³-hybridized carbons (Fsp3) is 0.545. The molecule has 0 radical (unpaired) electrons. The average Bonchev–Trinajstić information content (AvgIpc) is 3.25. The van der Waals surface area contributed by atoms with E-state index in [9.17, 15) is 8.42 Å². The van der Waals surface area contributed by atoms with E-state index in [2.05, 4.69) is 11.0 Å². The molecule has 0 amide bonds. The number of ether oxygens (including phenoxy) is 1. The average molecular weight is 446 g/mol. The molecule has 9 heteroatoms. The van der Waals surface area contributed by atoms with Gasteiger partial charge in [-0.1, -0.05) is 18.2 Å². The molecule has 1 aromatic heterocycles. The Morgan fingerprint density at radius 2 is 1.94 bits per heavy atom. The van der Waals surface area contributed by atoms with E-state index >= 15 is 0 Å². The highest BCUT2D eigenvalue weighted by Gasteiger charge is 2.39. The van der Waals surface area contributed by atoms with Gasteiger partial charge in [-0.05, 0) is 38.7 Å². The first-order valence-electron chi connectivity index (χ1n) is 10.8. The molecule has 0 unspecified atom stereocenters. The lowest BCUT2D eigenvalue weighted by Gasteiger charge is -2.33. The van der Waals surface area contributed by atoms with Crippen LogP contribution in [0.1, 0.15) is 47.9 Å². The molecule has 0 saturated carbocycles. The van der Waals surface area contributed by atoms with Crippen LogP contribution in [0.4, 0.5) is 5.82 Å². The smallest absolute Gasteiger partial charge is 0.282 e. The van der Waals surface area contributed by atoms with Crippen molar-refractivity contribution >= 4 is 16.0 Å². The van der Waals surface area contributed by atoms with E-state index in [4.69, 9.17) is 14.7 Å². The van der Waals surface area contributed by atoms with Crippen molar-refractivity contribution < 1.29 is 13.2 Å². The predicted molar refractivity (Wildman–Crippen MR) is 120 cm³/mol. The molecule has 0 bridgehead atoms. The van der Waals surface area contributed by atoms with E-state index in [1.807, 2.05) is 25.1 Å². The number of para-hydroxylation sites is 1. The van der Waals surface area contributed by atoms with Crippen LogP contribution in [0.3, 0.4) is 0 Å². The second-order valence-electron chi connectivity index (χ2n) is 8.37. The van der Waals surface area contributed by atoms with E-state index in [0.717, 1.165) is 60.6 Å². The van der Waals surface area contributed by atoms with Gasteiger partial charge >= 0.3 is 0 Å². The van der Waals surface area contributed by atoms with E-state index in [-0.39, 0.29) is 6.04 Å². The van der Waals surface area contributed by atoms with Crippen molar-refractivity contribution in [2.45, 2.75) is 45.2 Å². The summed E-state index contributed by atoms with van der Waals surface area (Å²) in [6.45, 7) is 4.09. The predicted octanol–water partition coefficient (Wildman–Crippen LogP) is 2.69. The van der Waals surface area contributed by atoms with Crippen molar-refractivity contribution in [2.24, 2.45) is 0 Å². The summed E-state index contributed by atoms with van der Waals surface area (Å²) in [7, 11) is 1.30. The minimum atomic E-state index is -3.52. The molecular formula is C22H31N5O3S. The zero-order valence-corrected chi connectivity index (χ0v) is 19.5. The minimum absolute atomic E-state index is 0.327. The molecule has 1 atom stereocenters. The van der Waals surface area contributed by atoms with Gasteiger partial charge in [-0.3, -0.25) is 0 Å². The molecule has 0 spiro atoms. The number of rotatable bonds is 6. The molecule has 2 aliphatic heterocycles. The molecule has 1 fully saturated rings. The normalized spacial score (nSPS) is 19.6. The Labute approximate surface area is 185 Å². The zero-order chi connectivity index (χ0) is 22.2. The zero-order valence-electron chi connectivity index (χ0n) is 18.7. The van der Waals surface area contributed by atoms with Gasteiger partial charge in [0.15, 0.2) is 0 Å². The summed E-state index contributed by atoms with van der Waals surface area (Å²) in [5.74, 6) is 2.39. The highest BCUT2D eigenvalue weighted by Crippen LogP contribution is 2.36. The number of nitrogens with zero attached hydrogens (tertiary/aromatic N) is 5. The maximum absolute atomic E-state index is 12.8. The molecular weight excluding hydrogens is 414 g/mol. The van der Waals surface area contributed by atoms with Gasteiger partial charge in [0.05, 0.1) is 13.2 Å². The molecule has 2 aliphatic rings. The largest absolute Gasteiger partial charge is 0.496 e. The monoisotopic (exact) mass is 445 g/mol. The van der Waals surface area contributed by atoms with Gasteiger partial charge in [-0.2, -0.15) is 17.0 Å².